The maximum Gasteiger partial charge on any atom is 0.0762 e. The number of rotatable bonds is 1. The average Bonchev–Trinajstić information content (AvgIpc) is 2.23. The number of aromatic nitrogens is 1. The maximum absolute atomic E-state index is 4.41. The molecule has 1 heterocycles. The third-order valence-electron chi connectivity index (χ3n) is 2.37. The highest BCUT2D eigenvalue weighted by Crippen LogP contribution is 2.26. The second-order valence-electron chi connectivity index (χ2n) is 3.18. The van der Waals surface area contributed by atoms with Gasteiger partial charge in [0.05, 0.1) is 5.52 Å². The molecule has 0 aliphatic rings. The molecule has 2 nitrogen and oxygen atoms in total. The third-order valence-corrected chi connectivity index (χ3v) is 3.54. The van der Waals surface area contributed by atoms with E-state index in [-0.39, 0.29) is 0 Å². The Balaban J connectivity index is 2.86. The smallest absolute Gasteiger partial charge is 0.0762 e. The summed E-state index contributed by atoms with van der Waals surface area (Å²) in [4.78, 5) is 4.41. The first-order valence-corrected chi connectivity index (χ1v) is 5.53. The molecule has 14 heavy (non-hydrogen) atoms. The van der Waals surface area contributed by atoms with Crippen molar-refractivity contribution in [3.8, 4) is 0 Å². The zero-order valence-electron chi connectivity index (χ0n) is 8.13. The number of nitrogens with zero attached hydrogens (tertiary/aromatic N) is 1. The van der Waals surface area contributed by atoms with E-state index in [9.17, 15) is 0 Å². The topological polar surface area (TPSA) is 24.9 Å². The van der Waals surface area contributed by atoms with E-state index >= 15 is 0 Å². The van der Waals surface area contributed by atoms with E-state index in [1.165, 1.54) is 14.5 Å². The van der Waals surface area contributed by atoms with E-state index in [1.807, 2.05) is 19.3 Å². The van der Waals surface area contributed by atoms with E-state index in [2.05, 4.69) is 51.9 Å². The number of hydrogen-bond acceptors (Lipinski definition) is 2. The fourth-order valence-corrected chi connectivity index (χ4v) is 1.99. The first-order valence-electron chi connectivity index (χ1n) is 4.45. The average molecular weight is 298 g/mol. The van der Waals surface area contributed by atoms with Gasteiger partial charge in [-0.1, -0.05) is 0 Å². The van der Waals surface area contributed by atoms with Gasteiger partial charge in [0.2, 0.25) is 0 Å². The van der Waals surface area contributed by atoms with Crippen molar-refractivity contribution in [2.45, 2.75) is 6.92 Å². The zero-order valence-corrected chi connectivity index (χ0v) is 10.3. The van der Waals surface area contributed by atoms with Gasteiger partial charge in [-0.3, -0.25) is 4.98 Å². The Kier molecular flexibility index (Phi) is 2.58. The lowest BCUT2D eigenvalue weighted by Crippen LogP contribution is -1.93. The number of halogens is 1. The summed E-state index contributed by atoms with van der Waals surface area (Å²) in [6, 6.07) is 6.23. The Labute approximate surface area is 96.9 Å². The van der Waals surface area contributed by atoms with Crippen LogP contribution in [-0.4, -0.2) is 12.0 Å². The van der Waals surface area contributed by atoms with Gasteiger partial charge in [-0.2, -0.15) is 0 Å². The Hall–Kier alpha value is -0.840. The molecule has 0 fully saturated rings. The molecule has 3 heteroatoms. The van der Waals surface area contributed by atoms with Gasteiger partial charge in [-0.15, -0.1) is 0 Å². The SMILES string of the molecule is CNc1ccnc2c(C)c(I)ccc12. The summed E-state index contributed by atoms with van der Waals surface area (Å²) in [5.74, 6) is 0. The zero-order chi connectivity index (χ0) is 10.1. The second-order valence-corrected chi connectivity index (χ2v) is 4.34. The number of pyridine rings is 1. The molecule has 1 aromatic carbocycles. The van der Waals surface area contributed by atoms with Gasteiger partial charge in [0.1, 0.15) is 0 Å². The number of aryl methyl sites for hydroxylation is 1. The van der Waals surface area contributed by atoms with Crippen LogP contribution in [0.3, 0.4) is 0 Å². The van der Waals surface area contributed by atoms with Gasteiger partial charge >= 0.3 is 0 Å². The first kappa shape index (κ1) is 9.71. The van der Waals surface area contributed by atoms with Crippen molar-refractivity contribution < 1.29 is 0 Å². The second kappa shape index (κ2) is 3.73. The van der Waals surface area contributed by atoms with Gasteiger partial charge in [0, 0.05) is 27.9 Å². The lowest BCUT2D eigenvalue weighted by molar-refractivity contribution is 1.34. The molecule has 72 valence electrons. The van der Waals surface area contributed by atoms with Crippen LogP contribution in [0.4, 0.5) is 5.69 Å². The minimum absolute atomic E-state index is 1.09. The van der Waals surface area contributed by atoms with Crippen LogP contribution in [-0.2, 0) is 0 Å². The van der Waals surface area contributed by atoms with Crippen molar-refractivity contribution in [3.63, 3.8) is 0 Å². The predicted molar refractivity (Wildman–Crippen MR) is 68.7 cm³/mol. The summed E-state index contributed by atoms with van der Waals surface area (Å²) in [6.07, 6.45) is 1.84. The Morgan fingerprint density at radius 3 is 2.79 bits per heavy atom. The van der Waals surface area contributed by atoms with Crippen molar-refractivity contribution >= 4 is 39.2 Å². The van der Waals surface area contributed by atoms with Gasteiger partial charge < -0.3 is 5.32 Å². The molecule has 0 aliphatic carbocycles. The molecule has 0 unspecified atom stereocenters. The van der Waals surface area contributed by atoms with Crippen LogP contribution in [0.15, 0.2) is 24.4 Å². The highest BCUT2D eigenvalue weighted by molar-refractivity contribution is 14.1. The first-order chi connectivity index (χ1) is 6.74. The van der Waals surface area contributed by atoms with E-state index < -0.39 is 0 Å². The van der Waals surface area contributed by atoms with Crippen molar-refractivity contribution in [2.75, 3.05) is 12.4 Å². The number of hydrogen-bond donors (Lipinski definition) is 1. The normalized spacial score (nSPS) is 10.5. The standard InChI is InChI=1S/C11H11IN2/c1-7-9(12)4-3-8-10(13-2)5-6-14-11(7)8/h3-6H,1-2H3,(H,13,14). The number of anilines is 1. The van der Waals surface area contributed by atoms with Gasteiger partial charge in [-0.05, 0) is 53.3 Å². The van der Waals surface area contributed by atoms with Crippen LogP contribution in [0.2, 0.25) is 0 Å². The molecular formula is C11H11IN2. The molecule has 0 amide bonds. The van der Waals surface area contributed by atoms with Crippen LogP contribution in [0.1, 0.15) is 5.56 Å². The minimum Gasteiger partial charge on any atom is -0.388 e. The maximum atomic E-state index is 4.41. The summed E-state index contributed by atoms with van der Waals surface area (Å²) in [5.41, 5.74) is 3.47. The molecule has 0 saturated heterocycles. The highest BCUT2D eigenvalue weighted by Gasteiger charge is 2.04. The molecule has 0 atom stereocenters. The highest BCUT2D eigenvalue weighted by atomic mass is 127. The summed E-state index contributed by atoms with van der Waals surface area (Å²) in [5, 5.41) is 4.36. The molecule has 1 aromatic heterocycles. The van der Waals surface area contributed by atoms with Crippen LogP contribution >= 0.6 is 22.6 Å². The summed E-state index contributed by atoms with van der Waals surface area (Å²) in [7, 11) is 1.93. The monoisotopic (exact) mass is 298 g/mol. The molecule has 0 radical (unpaired) electrons. The molecule has 0 aliphatic heterocycles. The predicted octanol–water partition coefficient (Wildman–Crippen LogP) is 3.19. The third kappa shape index (κ3) is 1.45. The molecule has 2 aromatic rings. The summed E-state index contributed by atoms with van der Waals surface area (Å²) < 4.78 is 1.26. The van der Waals surface area contributed by atoms with Crippen LogP contribution in [0.5, 0.6) is 0 Å². The molecule has 1 N–H and O–H groups in total. The fourth-order valence-electron chi connectivity index (χ4n) is 1.55. The minimum atomic E-state index is 1.09. The Bertz CT molecular complexity index is 480. The van der Waals surface area contributed by atoms with E-state index in [4.69, 9.17) is 0 Å². The van der Waals surface area contributed by atoms with Gasteiger partial charge in [0.15, 0.2) is 0 Å². The van der Waals surface area contributed by atoms with E-state index in [0.717, 1.165) is 11.2 Å². The largest absolute Gasteiger partial charge is 0.388 e. The van der Waals surface area contributed by atoms with Gasteiger partial charge in [-0.25, -0.2) is 0 Å². The number of nitrogens with one attached hydrogen (secondary N) is 1. The lowest BCUT2D eigenvalue weighted by Gasteiger charge is -2.07. The summed E-state index contributed by atoms with van der Waals surface area (Å²) >= 11 is 2.34. The summed E-state index contributed by atoms with van der Waals surface area (Å²) in [6.45, 7) is 2.11. The fraction of sp³-hybridized carbons (Fsp3) is 0.182. The van der Waals surface area contributed by atoms with Crippen molar-refractivity contribution in [1.82, 2.24) is 4.98 Å². The van der Waals surface area contributed by atoms with Crippen molar-refractivity contribution in [3.05, 3.63) is 33.5 Å². The van der Waals surface area contributed by atoms with Gasteiger partial charge in [0.25, 0.3) is 0 Å². The van der Waals surface area contributed by atoms with E-state index in [1.54, 1.807) is 0 Å². The number of benzene rings is 1. The Morgan fingerprint density at radius 1 is 1.29 bits per heavy atom. The molecular weight excluding hydrogens is 287 g/mol. The molecule has 0 saturated carbocycles. The Morgan fingerprint density at radius 2 is 2.07 bits per heavy atom. The molecule has 0 bridgehead atoms. The van der Waals surface area contributed by atoms with Crippen LogP contribution < -0.4 is 5.32 Å². The van der Waals surface area contributed by atoms with Crippen LogP contribution in [0, 0.1) is 10.5 Å². The lowest BCUT2D eigenvalue weighted by atomic mass is 10.1. The molecule has 2 rings (SSSR count). The van der Waals surface area contributed by atoms with E-state index in [0.29, 0.717) is 0 Å². The quantitative estimate of drug-likeness (QED) is 0.818. The van der Waals surface area contributed by atoms with Crippen LogP contribution in [0.25, 0.3) is 10.9 Å². The van der Waals surface area contributed by atoms with Crippen molar-refractivity contribution in [2.24, 2.45) is 0 Å². The number of fused-ring (bicyclic) bond motifs is 1. The molecule has 0 spiro atoms. The van der Waals surface area contributed by atoms with Crippen molar-refractivity contribution in [1.29, 1.82) is 0 Å².